The predicted octanol–water partition coefficient (Wildman–Crippen LogP) is 2.14. The molecule has 0 unspecified atom stereocenters. The van der Waals surface area contributed by atoms with Gasteiger partial charge in [0, 0.05) is 24.4 Å². The van der Waals surface area contributed by atoms with Gasteiger partial charge < -0.3 is 9.84 Å². The lowest BCUT2D eigenvalue weighted by atomic mass is 10.0. The second-order valence-corrected chi connectivity index (χ2v) is 4.40. The van der Waals surface area contributed by atoms with Crippen molar-refractivity contribution in [2.24, 2.45) is 0 Å². The Kier molecular flexibility index (Phi) is 4.29. The summed E-state index contributed by atoms with van der Waals surface area (Å²) in [6.07, 6.45) is 3.55. The monoisotopic (exact) mass is 264 g/mol. The average molecular weight is 264 g/mol. The van der Waals surface area contributed by atoms with Crippen molar-refractivity contribution < 1.29 is 14.2 Å². The maximum absolute atomic E-state index is 13.8. The van der Waals surface area contributed by atoms with Gasteiger partial charge in [0.05, 0.1) is 26.0 Å². The number of aryl methyl sites for hydroxylation is 1. The van der Waals surface area contributed by atoms with Crippen molar-refractivity contribution in [1.29, 1.82) is 0 Å². The molecule has 1 N–H and O–H groups in total. The van der Waals surface area contributed by atoms with Gasteiger partial charge in [0.2, 0.25) is 0 Å². The summed E-state index contributed by atoms with van der Waals surface area (Å²) in [4.78, 5) is 0. The first-order valence-electron chi connectivity index (χ1n) is 6.07. The molecule has 0 aliphatic carbocycles. The first-order valence-corrected chi connectivity index (χ1v) is 6.07. The van der Waals surface area contributed by atoms with E-state index in [-0.39, 0.29) is 12.4 Å². The lowest BCUT2D eigenvalue weighted by Crippen LogP contribution is -2.03. The predicted molar refractivity (Wildman–Crippen MR) is 70.2 cm³/mol. The number of hydrogen-bond acceptors (Lipinski definition) is 3. The summed E-state index contributed by atoms with van der Waals surface area (Å²) in [6.45, 7) is 2.74. The fourth-order valence-corrected chi connectivity index (χ4v) is 1.96. The van der Waals surface area contributed by atoms with Crippen LogP contribution in [0.1, 0.15) is 11.1 Å². The van der Waals surface area contributed by atoms with Crippen LogP contribution in [0, 0.1) is 12.7 Å². The van der Waals surface area contributed by atoms with Gasteiger partial charge in [0.15, 0.2) is 0 Å². The maximum atomic E-state index is 13.8. The molecule has 102 valence electrons. The molecule has 2 aromatic rings. The highest BCUT2D eigenvalue weighted by Gasteiger charge is 2.09. The number of hydrogen-bond donors (Lipinski definition) is 1. The largest absolute Gasteiger partial charge is 0.392 e. The van der Waals surface area contributed by atoms with Crippen LogP contribution in [0.3, 0.4) is 0 Å². The number of ether oxygens (including phenoxy) is 1. The van der Waals surface area contributed by atoms with Crippen molar-refractivity contribution in [1.82, 2.24) is 9.78 Å². The number of nitrogens with zero attached hydrogens (tertiary/aromatic N) is 2. The van der Waals surface area contributed by atoms with Gasteiger partial charge in [-0.1, -0.05) is 6.07 Å². The van der Waals surface area contributed by atoms with Crippen molar-refractivity contribution in [3.05, 3.63) is 41.5 Å². The van der Waals surface area contributed by atoms with Crippen molar-refractivity contribution in [3.63, 3.8) is 0 Å². The summed E-state index contributed by atoms with van der Waals surface area (Å²) in [5, 5.41) is 13.3. The van der Waals surface area contributed by atoms with Crippen molar-refractivity contribution in [2.45, 2.75) is 20.1 Å². The van der Waals surface area contributed by atoms with Gasteiger partial charge in [-0.15, -0.1) is 0 Å². The van der Waals surface area contributed by atoms with Crippen LogP contribution in [0.2, 0.25) is 0 Å². The van der Waals surface area contributed by atoms with E-state index in [9.17, 15) is 4.39 Å². The number of aliphatic hydroxyl groups excluding tert-OH is 1. The molecule has 0 aliphatic rings. The molecule has 19 heavy (non-hydrogen) atoms. The van der Waals surface area contributed by atoms with Gasteiger partial charge in [-0.2, -0.15) is 5.10 Å². The van der Waals surface area contributed by atoms with Crippen LogP contribution in [-0.2, 0) is 17.9 Å². The molecule has 1 aromatic carbocycles. The van der Waals surface area contributed by atoms with E-state index < -0.39 is 0 Å². The Morgan fingerprint density at radius 3 is 2.79 bits per heavy atom. The average Bonchev–Trinajstić information content (AvgIpc) is 2.84. The topological polar surface area (TPSA) is 47.3 Å². The summed E-state index contributed by atoms with van der Waals surface area (Å²) in [6, 6.07) is 3.28. The van der Waals surface area contributed by atoms with Gasteiger partial charge in [-0.25, -0.2) is 4.39 Å². The lowest BCUT2D eigenvalue weighted by molar-refractivity contribution is 0.183. The van der Waals surface area contributed by atoms with E-state index >= 15 is 0 Å². The SMILES string of the molecule is COCCn1cc(-c2cc(C)c(CO)c(F)c2)cn1. The number of methoxy groups -OCH3 is 1. The van der Waals surface area contributed by atoms with E-state index in [1.54, 1.807) is 24.9 Å². The molecule has 0 spiro atoms. The molecule has 0 aliphatic heterocycles. The van der Waals surface area contributed by atoms with Crippen molar-refractivity contribution in [3.8, 4) is 11.1 Å². The zero-order chi connectivity index (χ0) is 13.8. The standard InChI is InChI=1S/C14H17FN2O2/c1-10-5-11(6-14(15)13(10)9-18)12-7-16-17(8-12)3-4-19-2/h5-8,18H,3-4,9H2,1-2H3. The second kappa shape index (κ2) is 5.95. The summed E-state index contributed by atoms with van der Waals surface area (Å²) < 4.78 is 20.5. The quantitative estimate of drug-likeness (QED) is 0.900. The molecule has 0 bridgehead atoms. The Hall–Kier alpha value is -1.72. The molecule has 0 atom stereocenters. The third-order valence-electron chi connectivity index (χ3n) is 3.07. The summed E-state index contributed by atoms with van der Waals surface area (Å²) in [7, 11) is 1.64. The van der Waals surface area contributed by atoms with Crippen LogP contribution >= 0.6 is 0 Å². The molecule has 0 saturated heterocycles. The highest BCUT2D eigenvalue weighted by atomic mass is 19.1. The van der Waals surface area contributed by atoms with Gasteiger partial charge in [0.25, 0.3) is 0 Å². The second-order valence-electron chi connectivity index (χ2n) is 4.40. The summed E-state index contributed by atoms with van der Waals surface area (Å²) in [5.74, 6) is -0.387. The van der Waals surface area contributed by atoms with Gasteiger partial charge in [-0.3, -0.25) is 4.68 Å². The molecule has 1 aromatic heterocycles. The van der Waals surface area contributed by atoms with E-state index in [0.29, 0.717) is 18.7 Å². The minimum absolute atomic E-state index is 0.287. The maximum Gasteiger partial charge on any atom is 0.129 e. The number of benzene rings is 1. The zero-order valence-corrected chi connectivity index (χ0v) is 11.1. The number of aliphatic hydroxyl groups is 1. The Morgan fingerprint density at radius 1 is 1.37 bits per heavy atom. The molecule has 0 amide bonds. The zero-order valence-electron chi connectivity index (χ0n) is 11.1. The van der Waals surface area contributed by atoms with Gasteiger partial charge >= 0.3 is 0 Å². The molecule has 2 rings (SSSR count). The Balaban J connectivity index is 2.29. The first-order chi connectivity index (χ1) is 9.15. The van der Waals surface area contributed by atoms with Gasteiger partial charge in [-0.05, 0) is 24.1 Å². The van der Waals surface area contributed by atoms with Crippen molar-refractivity contribution >= 4 is 0 Å². The molecule has 0 saturated carbocycles. The molecule has 5 heteroatoms. The molecule has 0 fully saturated rings. The number of aromatic nitrogens is 2. The fraction of sp³-hybridized carbons (Fsp3) is 0.357. The summed E-state index contributed by atoms with van der Waals surface area (Å²) in [5.41, 5.74) is 2.69. The third kappa shape index (κ3) is 3.00. The Bertz CT molecular complexity index is 543. The molecule has 0 radical (unpaired) electrons. The smallest absolute Gasteiger partial charge is 0.129 e. The van der Waals surface area contributed by atoms with E-state index in [2.05, 4.69) is 5.10 Å². The van der Waals surface area contributed by atoms with Crippen LogP contribution in [0.4, 0.5) is 4.39 Å². The Labute approximate surface area is 111 Å². The molecular weight excluding hydrogens is 247 g/mol. The van der Waals surface area contributed by atoms with Crippen LogP contribution in [0.25, 0.3) is 11.1 Å². The van der Waals surface area contributed by atoms with Crippen molar-refractivity contribution in [2.75, 3.05) is 13.7 Å². The number of halogens is 1. The van der Waals surface area contributed by atoms with E-state index in [1.165, 1.54) is 6.07 Å². The minimum atomic E-state index is -0.387. The molecular formula is C14H17FN2O2. The van der Waals surface area contributed by atoms with Crippen LogP contribution in [-0.4, -0.2) is 28.6 Å². The highest BCUT2D eigenvalue weighted by Crippen LogP contribution is 2.24. The fourth-order valence-electron chi connectivity index (χ4n) is 1.96. The third-order valence-corrected chi connectivity index (χ3v) is 3.07. The molecule has 4 nitrogen and oxygen atoms in total. The lowest BCUT2D eigenvalue weighted by Gasteiger charge is -2.07. The van der Waals surface area contributed by atoms with E-state index in [0.717, 1.165) is 16.7 Å². The normalized spacial score (nSPS) is 10.9. The van der Waals surface area contributed by atoms with Crippen LogP contribution in [0.15, 0.2) is 24.5 Å². The number of rotatable bonds is 5. The van der Waals surface area contributed by atoms with E-state index in [1.807, 2.05) is 12.3 Å². The first kappa shape index (κ1) is 13.7. The van der Waals surface area contributed by atoms with Gasteiger partial charge in [0.1, 0.15) is 5.82 Å². The minimum Gasteiger partial charge on any atom is -0.392 e. The van der Waals surface area contributed by atoms with Crippen LogP contribution < -0.4 is 0 Å². The van der Waals surface area contributed by atoms with Crippen LogP contribution in [0.5, 0.6) is 0 Å². The summed E-state index contributed by atoms with van der Waals surface area (Å²) >= 11 is 0. The highest BCUT2D eigenvalue weighted by molar-refractivity contribution is 5.63. The van der Waals surface area contributed by atoms with E-state index in [4.69, 9.17) is 9.84 Å². The molecule has 1 heterocycles. The Morgan fingerprint density at radius 2 is 2.16 bits per heavy atom.